The molecule has 1 saturated heterocycles. The first-order chi connectivity index (χ1) is 11.4. The van der Waals surface area contributed by atoms with Gasteiger partial charge in [-0.05, 0) is 35.4 Å². The number of aromatic hydroxyl groups is 1. The second kappa shape index (κ2) is 4.85. The van der Waals surface area contributed by atoms with Crippen molar-refractivity contribution < 1.29 is 9.90 Å². The van der Waals surface area contributed by atoms with Gasteiger partial charge in [-0.15, -0.1) is 0 Å². The van der Waals surface area contributed by atoms with Gasteiger partial charge in [0.1, 0.15) is 12.1 Å². The molecule has 0 spiro atoms. The SMILES string of the molecule is CC1(C)[C@H]2Cc3c(O)cccc3[C@]1(C)CCN2C(=O)n1ccnc1. The lowest BCUT2D eigenvalue weighted by Crippen LogP contribution is -2.65. The molecule has 24 heavy (non-hydrogen) atoms. The Balaban J connectivity index is 1.82. The van der Waals surface area contributed by atoms with Gasteiger partial charge in [0.05, 0.1) is 0 Å². The van der Waals surface area contributed by atoms with Crippen LogP contribution < -0.4 is 0 Å². The van der Waals surface area contributed by atoms with Crippen LogP contribution in [-0.2, 0) is 11.8 Å². The number of piperidine rings is 1. The summed E-state index contributed by atoms with van der Waals surface area (Å²) in [6.45, 7) is 7.49. The molecule has 4 rings (SSSR count). The molecule has 1 aliphatic carbocycles. The van der Waals surface area contributed by atoms with Gasteiger partial charge < -0.3 is 10.0 Å². The third kappa shape index (κ3) is 1.81. The molecule has 5 nitrogen and oxygen atoms in total. The summed E-state index contributed by atoms with van der Waals surface area (Å²) in [6, 6.07) is 5.83. The van der Waals surface area contributed by atoms with E-state index in [1.807, 2.05) is 11.0 Å². The Bertz CT molecular complexity index is 797. The minimum atomic E-state index is -0.0811. The Morgan fingerprint density at radius 1 is 1.33 bits per heavy atom. The molecule has 1 fully saturated rings. The average molecular weight is 325 g/mol. The van der Waals surface area contributed by atoms with Crippen molar-refractivity contribution in [2.75, 3.05) is 6.54 Å². The summed E-state index contributed by atoms with van der Waals surface area (Å²) in [5.74, 6) is 0.344. The normalized spacial score (nSPS) is 27.6. The fourth-order valence-electron chi connectivity index (χ4n) is 4.68. The number of likely N-dealkylation sites (tertiary alicyclic amines) is 1. The summed E-state index contributed by atoms with van der Waals surface area (Å²) in [5.41, 5.74) is 2.09. The molecule has 1 N–H and O–H groups in total. The molecule has 2 aliphatic rings. The predicted molar refractivity (Wildman–Crippen MR) is 91.1 cm³/mol. The smallest absolute Gasteiger partial charge is 0.329 e. The molecule has 2 heterocycles. The monoisotopic (exact) mass is 325 g/mol. The number of hydrogen-bond acceptors (Lipinski definition) is 3. The van der Waals surface area contributed by atoms with Crippen molar-refractivity contribution >= 4 is 6.03 Å². The number of carbonyl (C=O) groups excluding carboxylic acids is 1. The fraction of sp³-hybridized carbons (Fsp3) is 0.474. The highest BCUT2D eigenvalue weighted by Crippen LogP contribution is 2.57. The lowest BCUT2D eigenvalue weighted by Gasteiger charge is -2.60. The second-order valence-electron chi connectivity index (χ2n) is 7.77. The van der Waals surface area contributed by atoms with E-state index in [2.05, 4.69) is 31.8 Å². The first kappa shape index (κ1) is 15.2. The Morgan fingerprint density at radius 3 is 2.83 bits per heavy atom. The molecule has 1 aliphatic heterocycles. The Morgan fingerprint density at radius 2 is 2.12 bits per heavy atom. The summed E-state index contributed by atoms with van der Waals surface area (Å²) in [7, 11) is 0. The second-order valence-corrected chi connectivity index (χ2v) is 7.77. The molecule has 0 unspecified atom stereocenters. The van der Waals surface area contributed by atoms with E-state index in [9.17, 15) is 9.90 Å². The number of benzene rings is 1. The minimum Gasteiger partial charge on any atom is -0.508 e. The maximum Gasteiger partial charge on any atom is 0.329 e. The summed E-state index contributed by atoms with van der Waals surface area (Å²) < 4.78 is 1.54. The topological polar surface area (TPSA) is 58.4 Å². The van der Waals surface area contributed by atoms with Crippen LogP contribution in [0.5, 0.6) is 5.75 Å². The lowest BCUT2D eigenvalue weighted by atomic mass is 9.51. The first-order valence-electron chi connectivity index (χ1n) is 8.46. The van der Waals surface area contributed by atoms with Gasteiger partial charge in [-0.2, -0.15) is 0 Å². The highest BCUT2D eigenvalue weighted by molar-refractivity contribution is 5.77. The number of phenols is 1. The number of rotatable bonds is 0. The molecule has 126 valence electrons. The molecule has 2 aromatic rings. The van der Waals surface area contributed by atoms with Crippen LogP contribution in [0.3, 0.4) is 0 Å². The number of nitrogens with zero attached hydrogens (tertiary/aromatic N) is 3. The molecule has 0 saturated carbocycles. The van der Waals surface area contributed by atoms with Crippen molar-refractivity contribution in [1.29, 1.82) is 0 Å². The Hall–Kier alpha value is -2.30. The number of carbonyl (C=O) groups is 1. The van der Waals surface area contributed by atoms with Crippen molar-refractivity contribution in [3.63, 3.8) is 0 Å². The van der Waals surface area contributed by atoms with Crippen LogP contribution in [-0.4, -0.2) is 38.2 Å². The maximum atomic E-state index is 12.9. The van der Waals surface area contributed by atoms with E-state index in [1.165, 1.54) is 5.56 Å². The standard InChI is InChI=1S/C19H23N3O2/c1-18(2)16-11-13-14(5-4-6-15(13)23)19(18,3)7-9-22(16)17(24)21-10-8-20-12-21/h4-6,8,10,12,16,23H,7,9,11H2,1-3H3/t16-,19+/m1/s1. The van der Waals surface area contributed by atoms with Crippen molar-refractivity contribution in [1.82, 2.24) is 14.5 Å². The highest BCUT2D eigenvalue weighted by Gasteiger charge is 2.57. The molecule has 1 aromatic carbocycles. The lowest BCUT2D eigenvalue weighted by molar-refractivity contribution is -0.0159. The van der Waals surface area contributed by atoms with Gasteiger partial charge >= 0.3 is 6.03 Å². The summed E-state index contributed by atoms with van der Waals surface area (Å²) in [5, 5.41) is 10.4. The van der Waals surface area contributed by atoms with E-state index in [0.29, 0.717) is 12.2 Å². The van der Waals surface area contributed by atoms with Gasteiger partial charge in [0.2, 0.25) is 0 Å². The number of phenolic OH excluding ortho intramolecular Hbond substituents is 1. The van der Waals surface area contributed by atoms with Crippen LogP contribution in [0, 0.1) is 5.41 Å². The molecule has 1 amide bonds. The zero-order chi connectivity index (χ0) is 17.1. The van der Waals surface area contributed by atoms with E-state index in [4.69, 9.17) is 0 Å². The number of aromatic nitrogens is 2. The van der Waals surface area contributed by atoms with Crippen molar-refractivity contribution in [3.05, 3.63) is 48.0 Å². The largest absolute Gasteiger partial charge is 0.508 e. The first-order valence-corrected chi connectivity index (χ1v) is 8.46. The van der Waals surface area contributed by atoms with Crippen LogP contribution in [0.1, 0.15) is 38.3 Å². The molecule has 0 radical (unpaired) electrons. The molecule has 2 bridgehead atoms. The molecule has 2 atom stereocenters. The van der Waals surface area contributed by atoms with E-state index < -0.39 is 0 Å². The number of imidazole rings is 1. The Kier molecular flexibility index (Phi) is 3.08. The fourth-order valence-corrected chi connectivity index (χ4v) is 4.68. The summed E-state index contributed by atoms with van der Waals surface area (Å²) in [6.07, 6.45) is 6.44. The van der Waals surface area contributed by atoms with E-state index in [0.717, 1.165) is 18.5 Å². The zero-order valence-corrected chi connectivity index (χ0v) is 14.4. The molecule has 1 aromatic heterocycles. The number of hydrogen-bond donors (Lipinski definition) is 1. The van der Waals surface area contributed by atoms with Gasteiger partial charge in [-0.1, -0.05) is 32.9 Å². The van der Waals surface area contributed by atoms with Crippen LogP contribution in [0.15, 0.2) is 36.9 Å². The van der Waals surface area contributed by atoms with Gasteiger partial charge in [0.25, 0.3) is 0 Å². The van der Waals surface area contributed by atoms with Crippen molar-refractivity contribution in [2.45, 2.75) is 45.1 Å². The minimum absolute atomic E-state index is 0.0357. The quantitative estimate of drug-likeness (QED) is 0.809. The van der Waals surface area contributed by atoms with E-state index >= 15 is 0 Å². The maximum absolute atomic E-state index is 12.9. The molecular weight excluding hydrogens is 302 g/mol. The summed E-state index contributed by atoms with van der Waals surface area (Å²) in [4.78, 5) is 18.9. The van der Waals surface area contributed by atoms with Crippen LogP contribution in [0.25, 0.3) is 0 Å². The number of fused-ring (bicyclic) bond motifs is 4. The predicted octanol–water partition coefficient (Wildman–Crippen LogP) is 3.17. The van der Waals surface area contributed by atoms with Gasteiger partial charge in [-0.25, -0.2) is 9.78 Å². The van der Waals surface area contributed by atoms with Crippen molar-refractivity contribution in [2.24, 2.45) is 5.41 Å². The van der Waals surface area contributed by atoms with Crippen LogP contribution in [0.4, 0.5) is 4.79 Å². The van der Waals surface area contributed by atoms with Crippen LogP contribution >= 0.6 is 0 Å². The third-order valence-electron chi connectivity index (χ3n) is 6.60. The molecule has 5 heteroatoms. The van der Waals surface area contributed by atoms with E-state index in [1.54, 1.807) is 29.4 Å². The highest BCUT2D eigenvalue weighted by atomic mass is 16.3. The molecular formula is C19H23N3O2. The Labute approximate surface area is 141 Å². The van der Waals surface area contributed by atoms with Gasteiger partial charge in [0.15, 0.2) is 0 Å². The summed E-state index contributed by atoms with van der Waals surface area (Å²) >= 11 is 0. The van der Waals surface area contributed by atoms with Gasteiger partial charge in [-0.3, -0.25) is 4.57 Å². The average Bonchev–Trinajstić information content (AvgIpc) is 3.05. The number of amides is 1. The van der Waals surface area contributed by atoms with Crippen LogP contribution in [0.2, 0.25) is 0 Å². The third-order valence-corrected chi connectivity index (χ3v) is 6.60. The van der Waals surface area contributed by atoms with Gasteiger partial charge in [0, 0.05) is 30.4 Å². The zero-order valence-electron chi connectivity index (χ0n) is 14.4. The van der Waals surface area contributed by atoms with E-state index in [-0.39, 0.29) is 22.9 Å². The van der Waals surface area contributed by atoms with Crippen molar-refractivity contribution in [3.8, 4) is 5.75 Å².